The quantitative estimate of drug-likeness (QED) is 0.619. The third-order valence-electron chi connectivity index (χ3n) is 3.88. The number of carbonyl (C=O) groups excluding carboxylic acids is 1. The minimum Gasteiger partial charge on any atom is -0.497 e. The van der Waals surface area contributed by atoms with Crippen molar-refractivity contribution in [3.63, 3.8) is 0 Å². The van der Waals surface area contributed by atoms with Crippen LogP contribution in [0.15, 0.2) is 67.0 Å². The molecule has 3 rings (SSSR count). The van der Waals surface area contributed by atoms with Crippen molar-refractivity contribution < 1.29 is 14.3 Å². The molecule has 5 heteroatoms. The van der Waals surface area contributed by atoms with Gasteiger partial charge in [0, 0.05) is 18.8 Å². The number of aryl methyl sites for hydroxylation is 1. The van der Waals surface area contributed by atoms with Crippen molar-refractivity contribution in [2.24, 2.45) is 0 Å². The van der Waals surface area contributed by atoms with Crippen LogP contribution in [-0.4, -0.2) is 22.9 Å². The second-order valence-corrected chi connectivity index (χ2v) is 5.63. The standard InChI is InChI=1S/C20H20N2O3/c1-24-19-10-5-16(6-11-19)7-12-20(23)25-15-17-3-8-18(9-4-17)22-14-2-13-21-22/h2-6,8-11,13-14H,7,12,15H2,1H3. The van der Waals surface area contributed by atoms with E-state index in [0.717, 1.165) is 22.6 Å². The van der Waals surface area contributed by atoms with Gasteiger partial charge in [-0.05, 0) is 47.9 Å². The normalized spacial score (nSPS) is 10.4. The number of ether oxygens (including phenoxy) is 2. The molecule has 25 heavy (non-hydrogen) atoms. The van der Waals surface area contributed by atoms with E-state index in [1.165, 1.54) is 0 Å². The lowest BCUT2D eigenvalue weighted by Crippen LogP contribution is -2.06. The van der Waals surface area contributed by atoms with Crippen molar-refractivity contribution in [2.45, 2.75) is 19.4 Å². The molecule has 0 saturated heterocycles. The summed E-state index contributed by atoms with van der Waals surface area (Å²) in [5, 5.41) is 4.18. The van der Waals surface area contributed by atoms with Gasteiger partial charge in [0.05, 0.1) is 12.8 Å². The summed E-state index contributed by atoms with van der Waals surface area (Å²) in [5.41, 5.74) is 3.01. The third kappa shape index (κ3) is 4.70. The minimum atomic E-state index is -0.202. The summed E-state index contributed by atoms with van der Waals surface area (Å²) in [4.78, 5) is 11.9. The molecule has 0 aliphatic rings. The maximum atomic E-state index is 11.9. The van der Waals surface area contributed by atoms with E-state index in [4.69, 9.17) is 9.47 Å². The molecule has 0 aliphatic carbocycles. The molecule has 128 valence electrons. The molecular weight excluding hydrogens is 316 g/mol. The average Bonchev–Trinajstić information content (AvgIpc) is 3.20. The second kappa shape index (κ2) is 8.15. The lowest BCUT2D eigenvalue weighted by molar-refractivity contribution is -0.144. The molecule has 0 fully saturated rings. The Hall–Kier alpha value is -3.08. The van der Waals surface area contributed by atoms with Gasteiger partial charge in [0.1, 0.15) is 12.4 Å². The summed E-state index contributed by atoms with van der Waals surface area (Å²) in [6.45, 7) is 0.279. The van der Waals surface area contributed by atoms with Crippen molar-refractivity contribution >= 4 is 5.97 Å². The van der Waals surface area contributed by atoms with E-state index >= 15 is 0 Å². The minimum absolute atomic E-state index is 0.202. The summed E-state index contributed by atoms with van der Waals surface area (Å²) < 4.78 is 12.2. The molecule has 0 N–H and O–H groups in total. The van der Waals surface area contributed by atoms with Crippen molar-refractivity contribution in [3.05, 3.63) is 78.1 Å². The van der Waals surface area contributed by atoms with Crippen molar-refractivity contribution in [1.82, 2.24) is 9.78 Å². The highest BCUT2D eigenvalue weighted by atomic mass is 16.5. The first-order chi connectivity index (χ1) is 12.2. The largest absolute Gasteiger partial charge is 0.497 e. The Labute approximate surface area is 146 Å². The van der Waals surface area contributed by atoms with Crippen LogP contribution >= 0.6 is 0 Å². The van der Waals surface area contributed by atoms with Crippen LogP contribution in [0.3, 0.4) is 0 Å². The van der Waals surface area contributed by atoms with Gasteiger partial charge in [0.25, 0.3) is 0 Å². The maximum Gasteiger partial charge on any atom is 0.306 e. The van der Waals surface area contributed by atoms with Crippen LogP contribution in [0.5, 0.6) is 5.75 Å². The first-order valence-electron chi connectivity index (χ1n) is 8.12. The van der Waals surface area contributed by atoms with Crippen LogP contribution in [0.1, 0.15) is 17.5 Å². The Morgan fingerprint density at radius 1 is 1.04 bits per heavy atom. The number of aromatic nitrogens is 2. The van der Waals surface area contributed by atoms with E-state index in [1.54, 1.807) is 18.0 Å². The number of esters is 1. The molecular formula is C20H20N2O3. The summed E-state index contributed by atoms with van der Waals surface area (Å²) >= 11 is 0. The number of methoxy groups -OCH3 is 1. The Balaban J connectivity index is 1.45. The molecule has 0 amide bonds. The number of hydrogen-bond donors (Lipinski definition) is 0. The van der Waals surface area contributed by atoms with Gasteiger partial charge in [-0.15, -0.1) is 0 Å². The molecule has 1 heterocycles. The molecule has 0 radical (unpaired) electrons. The molecule has 0 spiro atoms. The Morgan fingerprint density at radius 3 is 2.40 bits per heavy atom. The number of benzene rings is 2. The summed E-state index contributed by atoms with van der Waals surface area (Å²) in [5.74, 6) is 0.608. The molecule has 0 unspecified atom stereocenters. The zero-order valence-electron chi connectivity index (χ0n) is 14.1. The number of nitrogens with zero attached hydrogens (tertiary/aromatic N) is 2. The second-order valence-electron chi connectivity index (χ2n) is 5.63. The van der Waals surface area contributed by atoms with E-state index < -0.39 is 0 Å². The molecule has 0 atom stereocenters. The van der Waals surface area contributed by atoms with E-state index in [1.807, 2.05) is 60.8 Å². The highest BCUT2D eigenvalue weighted by Gasteiger charge is 2.05. The smallest absolute Gasteiger partial charge is 0.306 e. The van der Waals surface area contributed by atoms with Crippen LogP contribution < -0.4 is 4.74 Å². The summed E-state index contributed by atoms with van der Waals surface area (Å²) in [6, 6.07) is 17.4. The fourth-order valence-corrected chi connectivity index (χ4v) is 2.44. The Kier molecular flexibility index (Phi) is 5.46. The van der Waals surface area contributed by atoms with Crippen molar-refractivity contribution in [1.29, 1.82) is 0 Å². The number of carbonyl (C=O) groups is 1. The van der Waals surface area contributed by atoms with Crippen molar-refractivity contribution in [2.75, 3.05) is 7.11 Å². The average molecular weight is 336 g/mol. The van der Waals surface area contributed by atoms with Crippen LogP contribution in [-0.2, 0) is 22.6 Å². The lowest BCUT2D eigenvalue weighted by atomic mass is 10.1. The van der Waals surface area contributed by atoms with Gasteiger partial charge in [0.2, 0.25) is 0 Å². The summed E-state index contributed by atoms with van der Waals surface area (Å²) in [6.07, 6.45) is 4.63. The Morgan fingerprint density at radius 2 is 1.76 bits per heavy atom. The highest BCUT2D eigenvalue weighted by molar-refractivity contribution is 5.69. The predicted octanol–water partition coefficient (Wildman–Crippen LogP) is 3.56. The van der Waals surface area contributed by atoms with Crippen LogP contribution in [0.2, 0.25) is 0 Å². The summed E-state index contributed by atoms with van der Waals surface area (Å²) in [7, 11) is 1.63. The van der Waals surface area contributed by atoms with Crippen LogP contribution in [0, 0.1) is 0 Å². The fraction of sp³-hybridized carbons (Fsp3) is 0.200. The predicted molar refractivity (Wildman–Crippen MR) is 94.7 cm³/mol. The molecule has 5 nitrogen and oxygen atoms in total. The highest BCUT2D eigenvalue weighted by Crippen LogP contribution is 2.13. The van der Waals surface area contributed by atoms with Crippen LogP contribution in [0.4, 0.5) is 0 Å². The first kappa shape index (κ1) is 16.8. The van der Waals surface area contributed by atoms with Gasteiger partial charge in [-0.1, -0.05) is 24.3 Å². The van der Waals surface area contributed by atoms with Gasteiger partial charge in [-0.3, -0.25) is 4.79 Å². The van der Waals surface area contributed by atoms with Crippen LogP contribution in [0.25, 0.3) is 5.69 Å². The monoisotopic (exact) mass is 336 g/mol. The zero-order chi connectivity index (χ0) is 17.5. The van der Waals surface area contributed by atoms with E-state index in [2.05, 4.69) is 5.10 Å². The number of hydrogen-bond acceptors (Lipinski definition) is 4. The van der Waals surface area contributed by atoms with Gasteiger partial charge < -0.3 is 9.47 Å². The van der Waals surface area contributed by atoms with Gasteiger partial charge in [0.15, 0.2) is 0 Å². The van der Waals surface area contributed by atoms with Gasteiger partial charge in [-0.2, -0.15) is 5.10 Å². The Bertz CT molecular complexity index is 794. The maximum absolute atomic E-state index is 11.9. The fourth-order valence-electron chi connectivity index (χ4n) is 2.44. The molecule has 0 aliphatic heterocycles. The molecule has 1 aromatic heterocycles. The van der Waals surface area contributed by atoms with E-state index in [9.17, 15) is 4.79 Å². The van der Waals surface area contributed by atoms with Crippen molar-refractivity contribution in [3.8, 4) is 11.4 Å². The molecule has 3 aromatic rings. The molecule has 2 aromatic carbocycles. The van der Waals surface area contributed by atoms with Gasteiger partial charge in [-0.25, -0.2) is 4.68 Å². The molecule has 0 saturated carbocycles. The topological polar surface area (TPSA) is 53.4 Å². The zero-order valence-corrected chi connectivity index (χ0v) is 14.1. The lowest BCUT2D eigenvalue weighted by Gasteiger charge is -2.07. The third-order valence-corrected chi connectivity index (χ3v) is 3.88. The number of rotatable bonds is 7. The molecule has 0 bridgehead atoms. The van der Waals surface area contributed by atoms with Gasteiger partial charge >= 0.3 is 5.97 Å². The van der Waals surface area contributed by atoms with E-state index in [-0.39, 0.29) is 12.6 Å². The first-order valence-corrected chi connectivity index (χ1v) is 8.12. The SMILES string of the molecule is COc1ccc(CCC(=O)OCc2ccc(-n3cccn3)cc2)cc1. The van der Waals surface area contributed by atoms with E-state index in [0.29, 0.717) is 12.8 Å².